The lowest BCUT2D eigenvalue weighted by atomic mass is 9.96. The SMILES string of the molecule is COc1cc(/C=C/c2cc(O)cc(C)c2CC=C(C)C)ccc1NC(C)=O. The van der Waals surface area contributed by atoms with Gasteiger partial charge in [-0.25, -0.2) is 0 Å². The monoisotopic (exact) mass is 365 g/mol. The van der Waals surface area contributed by atoms with Crippen LogP contribution in [0.4, 0.5) is 5.69 Å². The topological polar surface area (TPSA) is 58.6 Å². The van der Waals surface area contributed by atoms with E-state index in [1.807, 2.05) is 37.3 Å². The quantitative estimate of drug-likeness (QED) is 0.536. The molecule has 0 bridgehead atoms. The average Bonchev–Trinajstić information content (AvgIpc) is 2.59. The van der Waals surface area contributed by atoms with Crippen molar-refractivity contribution in [1.82, 2.24) is 0 Å². The van der Waals surface area contributed by atoms with Crippen molar-refractivity contribution in [3.8, 4) is 11.5 Å². The molecule has 27 heavy (non-hydrogen) atoms. The number of phenolic OH excluding ortho intramolecular Hbond substituents is 1. The number of aromatic hydroxyl groups is 1. The second kappa shape index (κ2) is 9.08. The van der Waals surface area contributed by atoms with Crippen LogP contribution < -0.4 is 10.1 Å². The Morgan fingerprint density at radius 3 is 2.52 bits per heavy atom. The Labute approximate surface area is 161 Å². The largest absolute Gasteiger partial charge is 0.508 e. The number of aryl methyl sites for hydroxylation is 1. The molecule has 0 saturated heterocycles. The van der Waals surface area contributed by atoms with Crippen LogP contribution in [0.1, 0.15) is 43.0 Å². The molecule has 2 rings (SSSR count). The first-order valence-electron chi connectivity index (χ1n) is 8.89. The maximum atomic E-state index is 11.3. The molecule has 142 valence electrons. The minimum atomic E-state index is -0.143. The van der Waals surface area contributed by atoms with Gasteiger partial charge in [-0.3, -0.25) is 4.79 Å². The molecule has 1 amide bonds. The van der Waals surface area contributed by atoms with Gasteiger partial charge in [0.05, 0.1) is 12.8 Å². The summed E-state index contributed by atoms with van der Waals surface area (Å²) in [7, 11) is 1.57. The molecule has 0 spiro atoms. The number of carbonyl (C=O) groups is 1. The normalized spacial score (nSPS) is 10.7. The molecule has 0 atom stereocenters. The fourth-order valence-electron chi connectivity index (χ4n) is 2.85. The minimum Gasteiger partial charge on any atom is -0.508 e. The molecule has 0 saturated carbocycles. The molecule has 0 unspecified atom stereocenters. The van der Waals surface area contributed by atoms with Gasteiger partial charge in [0.1, 0.15) is 11.5 Å². The zero-order chi connectivity index (χ0) is 20.0. The number of phenols is 1. The van der Waals surface area contributed by atoms with Crippen molar-refractivity contribution < 1.29 is 14.6 Å². The number of nitrogens with one attached hydrogen (secondary N) is 1. The highest BCUT2D eigenvalue weighted by Gasteiger charge is 2.07. The zero-order valence-electron chi connectivity index (χ0n) is 16.6. The van der Waals surface area contributed by atoms with Gasteiger partial charge in [0.2, 0.25) is 5.91 Å². The Morgan fingerprint density at radius 2 is 1.89 bits per heavy atom. The number of hydrogen-bond donors (Lipinski definition) is 2. The summed E-state index contributed by atoms with van der Waals surface area (Å²) >= 11 is 0. The van der Waals surface area contributed by atoms with Crippen molar-refractivity contribution in [3.63, 3.8) is 0 Å². The van der Waals surface area contributed by atoms with E-state index in [0.29, 0.717) is 11.4 Å². The Hall–Kier alpha value is -3.01. The summed E-state index contributed by atoms with van der Waals surface area (Å²) in [6.07, 6.45) is 6.97. The van der Waals surface area contributed by atoms with Crippen LogP contribution in [0.3, 0.4) is 0 Å². The van der Waals surface area contributed by atoms with Crippen LogP contribution in [0, 0.1) is 6.92 Å². The third kappa shape index (κ3) is 5.74. The van der Waals surface area contributed by atoms with E-state index in [4.69, 9.17) is 4.74 Å². The molecule has 4 nitrogen and oxygen atoms in total. The second-order valence-corrected chi connectivity index (χ2v) is 6.79. The molecule has 0 fully saturated rings. The molecule has 0 radical (unpaired) electrons. The maximum Gasteiger partial charge on any atom is 0.221 e. The van der Waals surface area contributed by atoms with E-state index >= 15 is 0 Å². The Kier molecular flexibility index (Phi) is 6.83. The van der Waals surface area contributed by atoms with Gasteiger partial charge < -0.3 is 15.2 Å². The molecule has 2 aromatic carbocycles. The van der Waals surface area contributed by atoms with Gasteiger partial charge in [-0.15, -0.1) is 0 Å². The van der Waals surface area contributed by atoms with E-state index in [2.05, 4.69) is 25.2 Å². The summed E-state index contributed by atoms with van der Waals surface area (Å²) in [4.78, 5) is 11.3. The summed E-state index contributed by atoms with van der Waals surface area (Å²) in [6, 6.07) is 9.16. The van der Waals surface area contributed by atoms with Crippen LogP contribution in [0.15, 0.2) is 42.0 Å². The van der Waals surface area contributed by atoms with Crippen LogP contribution in [-0.2, 0) is 11.2 Å². The number of ether oxygens (including phenoxy) is 1. The van der Waals surface area contributed by atoms with Gasteiger partial charge in [0, 0.05) is 6.92 Å². The predicted molar refractivity (Wildman–Crippen MR) is 112 cm³/mol. The Morgan fingerprint density at radius 1 is 1.15 bits per heavy atom. The van der Waals surface area contributed by atoms with Crippen molar-refractivity contribution >= 4 is 23.7 Å². The first-order valence-corrected chi connectivity index (χ1v) is 8.89. The Balaban J connectivity index is 2.37. The van der Waals surface area contributed by atoms with Crippen LogP contribution in [-0.4, -0.2) is 18.1 Å². The maximum absolute atomic E-state index is 11.3. The molecular formula is C23H27NO3. The summed E-state index contributed by atoms with van der Waals surface area (Å²) in [5, 5.41) is 12.7. The average molecular weight is 365 g/mol. The fourth-order valence-corrected chi connectivity index (χ4v) is 2.85. The molecule has 2 aromatic rings. The van der Waals surface area contributed by atoms with Gasteiger partial charge in [-0.05, 0) is 73.7 Å². The van der Waals surface area contributed by atoms with Gasteiger partial charge in [0.15, 0.2) is 0 Å². The smallest absolute Gasteiger partial charge is 0.221 e. The molecule has 2 N–H and O–H groups in total. The van der Waals surface area contributed by atoms with E-state index in [1.54, 1.807) is 19.2 Å². The molecule has 0 aliphatic carbocycles. The highest BCUT2D eigenvalue weighted by atomic mass is 16.5. The highest BCUT2D eigenvalue weighted by molar-refractivity contribution is 5.90. The van der Waals surface area contributed by atoms with Crippen molar-refractivity contribution in [2.45, 2.75) is 34.1 Å². The lowest BCUT2D eigenvalue weighted by Crippen LogP contribution is -2.07. The summed E-state index contributed by atoms with van der Waals surface area (Å²) in [6.45, 7) is 7.63. The van der Waals surface area contributed by atoms with E-state index < -0.39 is 0 Å². The van der Waals surface area contributed by atoms with E-state index in [9.17, 15) is 9.90 Å². The number of amides is 1. The van der Waals surface area contributed by atoms with Gasteiger partial charge in [-0.2, -0.15) is 0 Å². The van der Waals surface area contributed by atoms with Crippen LogP contribution >= 0.6 is 0 Å². The van der Waals surface area contributed by atoms with Gasteiger partial charge in [0.25, 0.3) is 0 Å². The van der Waals surface area contributed by atoms with Gasteiger partial charge in [-0.1, -0.05) is 29.9 Å². The van der Waals surface area contributed by atoms with E-state index in [1.165, 1.54) is 18.1 Å². The predicted octanol–water partition coefficient (Wildman–Crippen LogP) is 5.35. The van der Waals surface area contributed by atoms with E-state index in [0.717, 1.165) is 23.1 Å². The summed E-state index contributed by atoms with van der Waals surface area (Å²) in [5.41, 5.74) is 6.07. The third-order valence-corrected chi connectivity index (χ3v) is 4.20. The molecule has 0 heterocycles. The number of hydrogen-bond acceptors (Lipinski definition) is 3. The van der Waals surface area contributed by atoms with Crippen LogP contribution in [0.5, 0.6) is 11.5 Å². The van der Waals surface area contributed by atoms with Crippen molar-refractivity contribution in [2.75, 3.05) is 12.4 Å². The molecule has 0 aliphatic heterocycles. The first kappa shape index (κ1) is 20.3. The van der Waals surface area contributed by atoms with Crippen molar-refractivity contribution in [2.24, 2.45) is 0 Å². The zero-order valence-corrected chi connectivity index (χ0v) is 16.6. The number of methoxy groups -OCH3 is 1. The van der Waals surface area contributed by atoms with Crippen LogP contribution in [0.2, 0.25) is 0 Å². The van der Waals surface area contributed by atoms with Crippen LogP contribution in [0.25, 0.3) is 12.2 Å². The molecule has 4 heteroatoms. The van der Waals surface area contributed by atoms with Crippen molar-refractivity contribution in [3.05, 3.63) is 64.2 Å². The summed E-state index contributed by atoms with van der Waals surface area (Å²) in [5.74, 6) is 0.714. The number of rotatable bonds is 6. The highest BCUT2D eigenvalue weighted by Crippen LogP contribution is 2.28. The van der Waals surface area contributed by atoms with Gasteiger partial charge >= 0.3 is 0 Å². The van der Waals surface area contributed by atoms with Crippen molar-refractivity contribution in [1.29, 1.82) is 0 Å². The minimum absolute atomic E-state index is 0.143. The van der Waals surface area contributed by atoms with E-state index in [-0.39, 0.29) is 11.7 Å². The lowest BCUT2D eigenvalue weighted by Gasteiger charge is -2.11. The standard InChI is InChI=1S/C23H27NO3/c1-15(2)6-10-21-16(3)12-20(26)14-19(21)9-7-18-8-11-22(24-17(4)25)23(13-18)27-5/h6-9,11-14,26H,10H2,1-5H3,(H,24,25)/b9-7+. The number of benzene rings is 2. The number of carbonyl (C=O) groups excluding carboxylic acids is 1. The molecular weight excluding hydrogens is 338 g/mol. The number of anilines is 1. The summed E-state index contributed by atoms with van der Waals surface area (Å²) < 4.78 is 5.37. The fraction of sp³-hybridized carbons (Fsp3) is 0.261. The lowest BCUT2D eigenvalue weighted by molar-refractivity contribution is -0.114. The second-order valence-electron chi connectivity index (χ2n) is 6.79. The number of allylic oxidation sites excluding steroid dienone is 2. The first-order chi connectivity index (χ1) is 12.8. The molecule has 0 aliphatic rings. The Bertz CT molecular complexity index is 891. The third-order valence-electron chi connectivity index (χ3n) is 4.20. The molecule has 0 aromatic heterocycles.